The lowest BCUT2D eigenvalue weighted by Crippen LogP contribution is -2.51. The zero-order valence-corrected chi connectivity index (χ0v) is 17.2. The summed E-state index contributed by atoms with van der Waals surface area (Å²) in [6, 6.07) is 21.4. The number of aryl methyl sites for hydroxylation is 1. The molecule has 0 radical (unpaired) electrons. The maximum Gasteiger partial charge on any atom is 0.159 e. The number of benzene rings is 3. The Balaban J connectivity index is 1.82. The number of fused-ring (bicyclic) bond motifs is 4. The molecule has 0 amide bonds. The number of furan rings is 1. The number of nitrogens with zero attached hydrogens (tertiary/aromatic N) is 2. The maximum absolute atomic E-state index is 6.40. The van der Waals surface area contributed by atoms with Gasteiger partial charge in [0.25, 0.3) is 0 Å². The molecule has 1 aromatic heterocycles. The second-order valence-electron chi connectivity index (χ2n) is 8.74. The Bertz CT molecular complexity index is 1200. The van der Waals surface area contributed by atoms with Crippen molar-refractivity contribution in [2.45, 2.75) is 39.3 Å². The Kier molecular flexibility index (Phi) is 3.58. The maximum atomic E-state index is 6.40. The molecule has 4 heteroatoms. The molecule has 0 N–H and O–H groups in total. The molecule has 0 fully saturated rings. The van der Waals surface area contributed by atoms with Crippen LogP contribution in [0.5, 0.6) is 0 Å². The largest absolute Gasteiger partial charge is 0.454 e. The highest BCUT2D eigenvalue weighted by molar-refractivity contribution is 6.17. The molecule has 0 bridgehead atoms. The first-order valence-corrected chi connectivity index (χ1v) is 9.96. The van der Waals surface area contributed by atoms with Crippen molar-refractivity contribution in [1.82, 2.24) is 0 Å². The van der Waals surface area contributed by atoms with Crippen LogP contribution in [-0.4, -0.2) is 19.5 Å². The number of hydrogen-bond donors (Lipinski definition) is 0. The van der Waals surface area contributed by atoms with Crippen LogP contribution in [0.25, 0.3) is 21.9 Å². The molecule has 140 valence electrons. The van der Waals surface area contributed by atoms with Crippen LogP contribution >= 0.6 is 0 Å². The van der Waals surface area contributed by atoms with E-state index in [1.54, 1.807) is 0 Å². The second-order valence-corrected chi connectivity index (χ2v) is 8.74. The Hall–Kier alpha value is -2.88. The summed E-state index contributed by atoms with van der Waals surface area (Å²) < 4.78 is 6.40. The van der Waals surface area contributed by atoms with Gasteiger partial charge in [-0.05, 0) is 51.5 Å². The first-order chi connectivity index (χ1) is 13.4. The molecule has 3 nitrogen and oxygen atoms in total. The Morgan fingerprint density at radius 2 is 1.57 bits per heavy atom. The van der Waals surface area contributed by atoms with E-state index in [-0.39, 0.29) is 11.6 Å². The fourth-order valence-corrected chi connectivity index (χ4v) is 4.79. The second kappa shape index (κ2) is 5.81. The van der Waals surface area contributed by atoms with Crippen molar-refractivity contribution in [3.8, 4) is 0 Å². The zero-order valence-electron chi connectivity index (χ0n) is 17.2. The SMILES string of the molecule is BC(C)(C)N1c2ccccc2N(c2c(C)ccc3c2oc2ccccc23)[C@H]1C. The summed E-state index contributed by atoms with van der Waals surface area (Å²) in [4.78, 5) is 4.95. The summed E-state index contributed by atoms with van der Waals surface area (Å²) in [6.07, 6.45) is 0.190. The molecule has 3 aromatic carbocycles. The Labute approximate surface area is 167 Å². The van der Waals surface area contributed by atoms with E-state index in [0.29, 0.717) is 0 Å². The van der Waals surface area contributed by atoms with Crippen molar-refractivity contribution in [1.29, 1.82) is 0 Å². The molecule has 1 aliphatic rings. The van der Waals surface area contributed by atoms with Crippen LogP contribution in [0.4, 0.5) is 17.1 Å². The van der Waals surface area contributed by atoms with Crippen LogP contribution < -0.4 is 9.80 Å². The summed E-state index contributed by atoms with van der Waals surface area (Å²) in [5.41, 5.74) is 6.83. The van der Waals surface area contributed by atoms with Gasteiger partial charge in [0.1, 0.15) is 19.6 Å². The van der Waals surface area contributed by atoms with E-state index in [9.17, 15) is 0 Å². The van der Waals surface area contributed by atoms with Crippen LogP contribution in [0.1, 0.15) is 26.3 Å². The summed E-state index contributed by atoms with van der Waals surface area (Å²) in [7, 11) is 2.28. The van der Waals surface area contributed by atoms with Crippen LogP contribution in [-0.2, 0) is 0 Å². The van der Waals surface area contributed by atoms with Gasteiger partial charge in [0.15, 0.2) is 5.58 Å². The predicted octanol–water partition coefficient (Wildman–Crippen LogP) is 5.57. The van der Waals surface area contributed by atoms with Gasteiger partial charge in [-0.15, -0.1) is 0 Å². The minimum atomic E-state index is 0.0138. The van der Waals surface area contributed by atoms with Gasteiger partial charge >= 0.3 is 0 Å². The van der Waals surface area contributed by atoms with Gasteiger partial charge in [-0.3, -0.25) is 0 Å². The lowest BCUT2D eigenvalue weighted by molar-refractivity contribution is 0.559. The molecule has 1 atom stereocenters. The lowest BCUT2D eigenvalue weighted by atomic mass is 9.79. The highest BCUT2D eigenvalue weighted by atomic mass is 16.3. The van der Waals surface area contributed by atoms with Crippen LogP contribution in [0.3, 0.4) is 0 Å². The number of para-hydroxylation sites is 3. The summed E-state index contributed by atoms with van der Waals surface area (Å²) in [6.45, 7) is 9.01. The van der Waals surface area contributed by atoms with Gasteiger partial charge < -0.3 is 14.2 Å². The molecule has 2 heterocycles. The summed E-state index contributed by atoms with van der Waals surface area (Å²) in [5.74, 6) is 0. The van der Waals surface area contributed by atoms with E-state index < -0.39 is 0 Å². The molecule has 0 saturated heterocycles. The van der Waals surface area contributed by atoms with E-state index in [1.165, 1.54) is 33.4 Å². The van der Waals surface area contributed by atoms with E-state index in [4.69, 9.17) is 4.42 Å². The Morgan fingerprint density at radius 3 is 2.32 bits per heavy atom. The number of rotatable bonds is 2. The number of anilines is 3. The molecule has 28 heavy (non-hydrogen) atoms. The fraction of sp³-hybridized carbons (Fsp3) is 0.250. The van der Waals surface area contributed by atoms with E-state index >= 15 is 0 Å². The molecule has 1 aliphatic heterocycles. The summed E-state index contributed by atoms with van der Waals surface area (Å²) in [5, 5.41) is 2.35. The first kappa shape index (κ1) is 17.2. The van der Waals surface area contributed by atoms with Crippen molar-refractivity contribution >= 4 is 46.8 Å². The Morgan fingerprint density at radius 1 is 0.893 bits per heavy atom. The van der Waals surface area contributed by atoms with E-state index in [2.05, 4.69) is 99.9 Å². The van der Waals surface area contributed by atoms with Crippen molar-refractivity contribution in [3.05, 3.63) is 66.2 Å². The smallest absolute Gasteiger partial charge is 0.159 e. The van der Waals surface area contributed by atoms with Gasteiger partial charge in [-0.1, -0.05) is 42.5 Å². The molecular weight excluding hydrogens is 343 g/mol. The lowest BCUT2D eigenvalue weighted by Gasteiger charge is -2.40. The highest BCUT2D eigenvalue weighted by Gasteiger charge is 2.40. The third-order valence-corrected chi connectivity index (χ3v) is 5.83. The minimum absolute atomic E-state index is 0.0138. The van der Waals surface area contributed by atoms with Crippen molar-refractivity contribution in [2.75, 3.05) is 9.80 Å². The monoisotopic (exact) mass is 368 g/mol. The molecule has 0 aliphatic carbocycles. The van der Waals surface area contributed by atoms with Crippen molar-refractivity contribution in [3.63, 3.8) is 0 Å². The third-order valence-electron chi connectivity index (χ3n) is 5.83. The van der Waals surface area contributed by atoms with E-state index in [1.807, 2.05) is 6.07 Å². The standard InChI is InChI=1S/C24H25BN2O/c1-15-13-14-18-17-9-5-8-12-21(17)28-23(18)22(15)26-16(2)27(24(3,4)25)20-11-7-6-10-19(20)26/h5-14,16H,25H2,1-4H3/t16-/m1/s1. The van der Waals surface area contributed by atoms with Gasteiger partial charge in [0.05, 0.1) is 17.1 Å². The average Bonchev–Trinajstić information content (AvgIpc) is 3.16. The predicted molar refractivity (Wildman–Crippen MR) is 122 cm³/mol. The molecule has 0 unspecified atom stereocenters. The summed E-state index contributed by atoms with van der Waals surface area (Å²) >= 11 is 0. The molecular formula is C24H25BN2O. The van der Waals surface area contributed by atoms with Crippen molar-refractivity contribution < 1.29 is 4.42 Å². The molecule has 0 spiro atoms. The van der Waals surface area contributed by atoms with E-state index in [0.717, 1.165) is 11.2 Å². The first-order valence-electron chi connectivity index (χ1n) is 9.96. The van der Waals surface area contributed by atoms with Gasteiger partial charge in [-0.25, -0.2) is 0 Å². The van der Waals surface area contributed by atoms with Gasteiger partial charge in [-0.2, -0.15) is 0 Å². The quantitative estimate of drug-likeness (QED) is 0.432. The topological polar surface area (TPSA) is 19.6 Å². The van der Waals surface area contributed by atoms with Gasteiger partial charge in [0.2, 0.25) is 0 Å². The molecule has 4 aromatic rings. The van der Waals surface area contributed by atoms with Gasteiger partial charge in [0, 0.05) is 16.2 Å². The normalized spacial score (nSPS) is 16.9. The minimum Gasteiger partial charge on any atom is -0.454 e. The average molecular weight is 368 g/mol. The zero-order chi connectivity index (χ0) is 19.6. The highest BCUT2D eigenvalue weighted by Crippen LogP contribution is 2.49. The third kappa shape index (κ3) is 2.30. The van der Waals surface area contributed by atoms with Crippen LogP contribution in [0.15, 0.2) is 65.1 Å². The molecule has 0 saturated carbocycles. The fourth-order valence-electron chi connectivity index (χ4n) is 4.79. The molecule has 5 rings (SSSR count). The number of hydrogen-bond acceptors (Lipinski definition) is 3. The van der Waals surface area contributed by atoms with Crippen LogP contribution in [0.2, 0.25) is 0 Å². The van der Waals surface area contributed by atoms with Crippen LogP contribution in [0, 0.1) is 6.92 Å². The van der Waals surface area contributed by atoms with Crippen molar-refractivity contribution in [2.24, 2.45) is 0 Å².